The lowest BCUT2D eigenvalue weighted by molar-refractivity contribution is 0.0962. The van der Waals surface area contributed by atoms with Crippen LogP contribution in [0.3, 0.4) is 0 Å². The summed E-state index contributed by atoms with van der Waals surface area (Å²) in [5, 5.41) is 6.61. The summed E-state index contributed by atoms with van der Waals surface area (Å²) in [6, 6.07) is 10.6. The van der Waals surface area contributed by atoms with Crippen molar-refractivity contribution in [1.82, 2.24) is 15.3 Å². The maximum Gasteiger partial charge on any atom is 0.251 e. The normalized spacial score (nSPS) is 17.0. The predicted molar refractivity (Wildman–Crippen MR) is 103 cm³/mol. The third kappa shape index (κ3) is 2.16. The lowest BCUT2D eigenvalue weighted by atomic mass is 9.82. The van der Waals surface area contributed by atoms with Crippen LogP contribution in [-0.2, 0) is 19.3 Å². The van der Waals surface area contributed by atoms with Crippen LogP contribution in [0.2, 0.25) is 0 Å². The zero-order valence-electron chi connectivity index (χ0n) is 15.1. The number of benzene rings is 2. The highest BCUT2D eigenvalue weighted by Crippen LogP contribution is 2.43. The minimum absolute atomic E-state index is 0.0256. The molecule has 3 aromatic rings. The smallest absolute Gasteiger partial charge is 0.251 e. The highest BCUT2D eigenvalue weighted by atomic mass is 16.1. The summed E-state index contributed by atoms with van der Waals surface area (Å²) < 4.78 is 0. The van der Waals surface area contributed by atoms with Crippen LogP contribution in [0.5, 0.6) is 0 Å². The van der Waals surface area contributed by atoms with Gasteiger partial charge in [0.05, 0.1) is 11.2 Å². The highest BCUT2D eigenvalue weighted by molar-refractivity contribution is 6.04. The van der Waals surface area contributed by atoms with E-state index in [1.54, 1.807) is 7.05 Å². The Bertz CT molecular complexity index is 1020. The standard InChI is InChI=1S/C21H22N4O/c1-12-23-17-9-16(20(26)22-2)15-7-8-21(25-18(15)19(17)24-12)10-13-5-3-4-6-14(13)11-21/h3-6,9,25H,7-8,10-11H2,1-2H3,(H,22,26)(H,23,24). The topological polar surface area (TPSA) is 69.8 Å². The van der Waals surface area contributed by atoms with E-state index in [1.807, 2.05) is 13.0 Å². The predicted octanol–water partition coefficient (Wildman–Crippen LogP) is 3.13. The molecule has 2 heterocycles. The van der Waals surface area contributed by atoms with E-state index in [2.05, 4.69) is 39.9 Å². The summed E-state index contributed by atoms with van der Waals surface area (Å²) in [6.45, 7) is 1.95. The van der Waals surface area contributed by atoms with Crippen LogP contribution in [-0.4, -0.2) is 28.5 Å². The first-order chi connectivity index (χ1) is 12.6. The zero-order chi connectivity index (χ0) is 17.9. The van der Waals surface area contributed by atoms with Crippen LogP contribution in [0.4, 0.5) is 5.69 Å². The molecule has 2 aromatic carbocycles. The molecule has 3 N–H and O–H groups in total. The second-order valence-electron chi connectivity index (χ2n) is 7.60. The fourth-order valence-corrected chi connectivity index (χ4v) is 4.70. The second-order valence-corrected chi connectivity index (χ2v) is 7.60. The second kappa shape index (κ2) is 5.34. The van der Waals surface area contributed by atoms with Crippen molar-refractivity contribution < 1.29 is 4.79 Å². The summed E-state index contributed by atoms with van der Waals surface area (Å²) in [4.78, 5) is 20.5. The molecule has 1 aliphatic carbocycles. The summed E-state index contributed by atoms with van der Waals surface area (Å²) in [7, 11) is 1.68. The van der Waals surface area contributed by atoms with Crippen molar-refractivity contribution in [3.63, 3.8) is 0 Å². The van der Waals surface area contributed by atoms with Crippen molar-refractivity contribution in [2.45, 2.75) is 38.1 Å². The molecule has 0 atom stereocenters. The number of fused-ring (bicyclic) bond motifs is 4. The summed E-state index contributed by atoms with van der Waals surface area (Å²) >= 11 is 0. The molecule has 0 saturated carbocycles. The van der Waals surface area contributed by atoms with Crippen LogP contribution in [0, 0.1) is 6.92 Å². The third-order valence-electron chi connectivity index (χ3n) is 5.89. The number of aryl methyl sites for hydroxylation is 1. The lowest BCUT2D eigenvalue weighted by Gasteiger charge is -2.37. The van der Waals surface area contributed by atoms with E-state index < -0.39 is 0 Å². The number of carbonyl (C=O) groups excluding carboxylic acids is 1. The molecular formula is C21H22N4O. The van der Waals surface area contributed by atoms with Crippen molar-refractivity contribution in [1.29, 1.82) is 0 Å². The molecule has 5 heteroatoms. The number of nitrogens with one attached hydrogen (secondary N) is 3. The molecule has 0 unspecified atom stereocenters. The van der Waals surface area contributed by atoms with Gasteiger partial charge in [0.15, 0.2) is 0 Å². The van der Waals surface area contributed by atoms with E-state index in [-0.39, 0.29) is 11.4 Å². The average molecular weight is 346 g/mol. The van der Waals surface area contributed by atoms with Gasteiger partial charge >= 0.3 is 0 Å². The maximum atomic E-state index is 12.5. The number of imidazole rings is 1. The third-order valence-corrected chi connectivity index (χ3v) is 5.89. The average Bonchev–Trinajstić information content (AvgIpc) is 3.19. The van der Waals surface area contributed by atoms with Crippen LogP contribution >= 0.6 is 0 Å². The van der Waals surface area contributed by atoms with Gasteiger partial charge in [-0.25, -0.2) is 4.98 Å². The Labute approximate surface area is 152 Å². The van der Waals surface area contributed by atoms with Gasteiger partial charge in [-0.1, -0.05) is 24.3 Å². The summed E-state index contributed by atoms with van der Waals surface area (Å²) in [5.41, 5.74) is 7.62. The highest BCUT2D eigenvalue weighted by Gasteiger charge is 2.41. The van der Waals surface area contributed by atoms with Gasteiger partial charge in [-0.05, 0) is 55.4 Å². The van der Waals surface area contributed by atoms with Gasteiger partial charge in [0, 0.05) is 18.2 Å². The van der Waals surface area contributed by atoms with Crippen LogP contribution in [0.1, 0.15) is 39.3 Å². The molecule has 1 spiro atoms. The van der Waals surface area contributed by atoms with E-state index >= 15 is 0 Å². The summed E-state index contributed by atoms with van der Waals surface area (Å²) in [6.07, 6.45) is 3.96. The van der Waals surface area contributed by atoms with Crippen LogP contribution in [0.25, 0.3) is 11.0 Å². The first kappa shape index (κ1) is 15.4. The molecule has 1 aliphatic heterocycles. The fourth-order valence-electron chi connectivity index (χ4n) is 4.70. The quantitative estimate of drug-likeness (QED) is 0.634. The number of aromatic nitrogens is 2. The van der Waals surface area contributed by atoms with Crippen molar-refractivity contribution in [3.8, 4) is 0 Å². The Morgan fingerprint density at radius 3 is 2.65 bits per heavy atom. The van der Waals surface area contributed by atoms with Crippen molar-refractivity contribution >= 4 is 22.6 Å². The van der Waals surface area contributed by atoms with Gasteiger partial charge in [-0.15, -0.1) is 0 Å². The molecule has 0 radical (unpaired) electrons. The molecule has 1 amide bonds. The number of hydrogen-bond acceptors (Lipinski definition) is 3. The van der Waals surface area contributed by atoms with Gasteiger partial charge in [0.2, 0.25) is 0 Å². The largest absolute Gasteiger partial charge is 0.377 e. The molecule has 132 valence electrons. The van der Waals surface area contributed by atoms with Crippen molar-refractivity contribution in [2.75, 3.05) is 12.4 Å². The van der Waals surface area contributed by atoms with Crippen LogP contribution < -0.4 is 10.6 Å². The van der Waals surface area contributed by atoms with Crippen molar-refractivity contribution in [3.05, 3.63) is 58.4 Å². The monoisotopic (exact) mass is 346 g/mol. The molecule has 1 aromatic heterocycles. The van der Waals surface area contributed by atoms with E-state index in [0.717, 1.165) is 59.4 Å². The number of hydrogen-bond donors (Lipinski definition) is 3. The number of carbonyl (C=O) groups is 1. The summed E-state index contributed by atoms with van der Waals surface area (Å²) in [5.74, 6) is 0.829. The molecule has 5 rings (SSSR count). The first-order valence-corrected chi connectivity index (χ1v) is 9.18. The molecule has 26 heavy (non-hydrogen) atoms. The Kier molecular flexibility index (Phi) is 3.17. The SMILES string of the molecule is CNC(=O)c1cc2[nH]c(C)nc2c2c1CCC1(Cc3ccccc3C1)N2. The minimum Gasteiger partial charge on any atom is -0.377 e. The number of aromatic amines is 1. The number of amides is 1. The zero-order valence-corrected chi connectivity index (χ0v) is 15.1. The van der Waals surface area contributed by atoms with Gasteiger partial charge in [-0.2, -0.15) is 0 Å². The number of rotatable bonds is 1. The Hall–Kier alpha value is -2.82. The van der Waals surface area contributed by atoms with Gasteiger partial charge < -0.3 is 15.6 Å². The lowest BCUT2D eigenvalue weighted by Crippen LogP contribution is -2.43. The van der Waals surface area contributed by atoms with E-state index in [4.69, 9.17) is 4.98 Å². The number of anilines is 1. The van der Waals surface area contributed by atoms with Crippen molar-refractivity contribution in [2.24, 2.45) is 0 Å². The fraction of sp³-hybridized carbons (Fsp3) is 0.333. The maximum absolute atomic E-state index is 12.5. The Balaban J connectivity index is 1.65. The molecule has 0 fully saturated rings. The molecule has 0 bridgehead atoms. The molecule has 0 saturated heterocycles. The Morgan fingerprint density at radius 1 is 1.23 bits per heavy atom. The molecule has 5 nitrogen and oxygen atoms in total. The van der Waals surface area contributed by atoms with E-state index in [0.29, 0.717) is 0 Å². The molecule has 2 aliphatic rings. The number of nitrogens with zero attached hydrogens (tertiary/aromatic N) is 1. The molecular weight excluding hydrogens is 324 g/mol. The first-order valence-electron chi connectivity index (χ1n) is 9.18. The van der Waals surface area contributed by atoms with Gasteiger partial charge in [0.1, 0.15) is 11.3 Å². The van der Waals surface area contributed by atoms with Gasteiger partial charge in [0.25, 0.3) is 5.91 Å². The Morgan fingerprint density at radius 2 is 1.96 bits per heavy atom. The van der Waals surface area contributed by atoms with E-state index in [1.165, 1.54) is 11.1 Å². The number of H-pyrrole nitrogens is 1. The van der Waals surface area contributed by atoms with Gasteiger partial charge in [-0.3, -0.25) is 4.79 Å². The minimum atomic E-state index is -0.0390. The van der Waals surface area contributed by atoms with E-state index in [9.17, 15) is 4.79 Å². The van der Waals surface area contributed by atoms with Crippen LogP contribution in [0.15, 0.2) is 30.3 Å².